The SMILES string of the molecule is Cc1nnc(NC2CCC(C)(C)C2)s1. The van der Waals surface area contributed by atoms with Crippen LogP contribution in [0.5, 0.6) is 0 Å². The number of hydrogen-bond acceptors (Lipinski definition) is 4. The molecule has 0 radical (unpaired) electrons. The van der Waals surface area contributed by atoms with E-state index in [-0.39, 0.29) is 0 Å². The molecule has 1 heterocycles. The average molecular weight is 211 g/mol. The maximum Gasteiger partial charge on any atom is 0.205 e. The monoisotopic (exact) mass is 211 g/mol. The Morgan fingerprint density at radius 2 is 2.21 bits per heavy atom. The highest BCUT2D eigenvalue weighted by molar-refractivity contribution is 7.15. The summed E-state index contributed by atoms with van der Waals surface area (Å²) in [4.78, 5) is 0. The van der Waals surface area contributed by atoms with E-state index in [0.717, 1.165) is 10.1 Å². The van der Waals surface area contributed by atoms with Crippen LogP contribution >= 0.6 is 11.3 Å². The minimum absolute atomic E-state index is 0.497. The van der Waals surface area contributed by atoms with E-state index in [9.17, 15) is 0 Å². The van der Waals surface area contributed by atoms with Gasteiger partial charge in [0, 0.05) is 6.04 Å². The predicted molar refractivity (Wildman–Crippen MR) is 59.7 cm³/mol. The molecule has 1 N–H and O–H groups in total. The molecule has 0 amide bonds. The number of nitrogens with one attached hydrogen (secondary N) is 1. The van der Waals surface area contributed by atoms with Gasteiger partial charge in [-0.1, -0.05) is 25.2 Å². The van der Waals surface area contributed by atoms with Crippen LogP contribution in [0.15, 0.2) is 0 Å². The third-order valence-electron chi connectivity index (χ3n) is 2.82. The molecule has 0 bridgehead atoms. The molecule has 1 fully saturated rings. The van der Waals surface area contributed by atoms with E-state index in [1.807, 2.05) is 6.92 Å². The Labute approximate surface area is 88.9 Å². The van der Waals surface area contributed by atoms with Gasteiger partial charge in [0.15, 0.2) is 0 Å². The van der Waals surface area contributed by atoms with Crippen molar-refractivity contribution < 1.29 is 0 Å². The first-order valence-corrected chi connectivity index (χ1v) is 5.93. The fraction of sp³-hybridized carbons (Fsp3) is 0.800. The minimum Gasteiger partial charge on any atom is -0.357 e. The predicted octanol–water partition coefficient (Wildman–Crippen LogP) is 2.84. The number of nitrogens with zero attached hydrogens (tertiary/aromatic N) is 2. The van der Waals surface area contributed by atoms with E-state index >= 15 is 0 Å². The largest absolute Gasteiger partial charge is 0.357 e. The van der Waals surface area contributed by atoms with Crippen LogP contribution in [-0.2, 0) is 0 Å². The van der Waals surface area contributed by atoms with Crippen molar-refractivity contribution in [3.8, 4) is 0 Å². The lowest BCUT2D eigenvalue weighted by molar-refractivity contribution is 0.378. The van der Waals surface area contributed by atoms with Crippen LogP contribution in [0.3, 0.4) is 0 Å². The second-order valence-electron chi connectivity index (χ2n) is 4.87. The number of anilines is 1. The highest BCUT2D eigenvalue weighted by Crippen LogP contribution is 2.38. The second kappa shape index (κ2) is 3.50. The van der Waals surface area contributed by atoms with Crippen molar-refractivity contribution in [1.82, 2.24) is 10.2 Å². The van der Waals surface area contributed by atoms with Crippen molar-refractivity contribution in [2.75, 3.05) is 5.32 Å². The van der Waals surface area contributed by atoms with Gasteiger partial charge in [-0.3, -0.25) is 0 Å². The van der Waals surface area contributed by atoms with Crippen LogP contribution in [0.25, 0.3) is 0 Å². The minimum atomic E-state index is 0.497. The fourth-order valence-electron chi connectivity index (χ4n) is 2.09. The zero-order chi connectivity index (χ0) is 10.2. The van der Waals surface area contributed by atoms with Crippen molar-refractivity contribution in [2.24, 2.45) is 5.41 Å². The molecule has 0 saturated heterocycles. The Kier molecular flexibility index (Phi) is 2.47. The Morgan fingerprint density at radius 1 is 1.43 bits per heavy atom. The summed E-state index contributed by atoms with van der Waals surface area (Å²) in [7, 11) is 0. The van der Waals surface area contributed by atoms with E-state index in [0.29, 0.717) is 11.5 Å². The Morgan fingerprint density at radius 3 is 2.71 bits per heavy atom. The molecule has 1 atom stereocenters. The molecular formula is C10H17N3S. The summed E-state index contributed by atoms with van der Waals surface area (Å²) in [5, 5.41) is 13.6. The highest BCUT2D eigenvalue weighted by Gasteiger charge is 2.31. The molecule has 1 aliphatic rings. The second-order valence-corrected chi connectivity index (χ2v) is 6.06. The number of aryl methyl sites for hydroxylation is 1. The van der Waals surface area contributed by atoms with Gasteiger partial charge in [-0.2, -0.15) is 0 Å². The van der Waals surface area contributed by atoms with Crippen molar-refractivity contribution in [1.29, 1.82) is 0 Å². The Hall–Kier alpha value is -0.640. The van der Waals surface area contributed by atoms with E-state index < -0.39 is 0 Å². The first kappa shape index (κ1) is 9.90. The summed E-state index contributed by atoms with van der Waals surface area (Å²) in [6.45, 7) is 6.65. The van der Waals surface area contributed by atoms with Crippen LogP contribution in [0, 0.1) is 12.3 Å². The number of hydrogen-bond donors (Lipinski definition) is 1. The molecule has 14 heavy (non-hydrogen) atoms. The number of aromatic nitrogens is 2. The van der Waals surface area contributed by atoms with Crippen molar-refractivity contribution >= 4 is 16.5 Å². The van der Waals surface area contributed by atoms with Gasteiger partial charge >= 0.3 is 0 Å². The lowest BCUT2D eigenvalue weighted by Gasteiger charge is -2.17. The van der Waals surface area contributed by atoms with E-state index in [4.69, 9.17) is 0 Å². The molecule has 1 aromatic heterocycles. The highest BCUT2D eigenvalue weighted by atomic mass is 32.1. The van der Waals surface area contributed by atoms with Crippen molar-refractivity contribution in [3.05, 3.63) is 5.01 Å². The summed E-state index contributed by atoms with van der Waals surface area (Å²) in [6.07, 6.45) is 3.81. The Balaban J connectivity index is 1.94. The van der Waals surface area contributed by atoms with Crippen LogP contribution in [0.4, 0.5) is 5.13 Å². The topological polar surface area (TPSA) is 37.8 Å². The van der Waals surface area contributed by atoms with Crippen molar-refractivity contribution in [2.45, 2.75) is 46.1 Å². The molecule has 0 spiro atoms. The summed E-state index contributed by atoms with van der Waals surface area (Å²) in [5.41, 5.74) is 0.497. The molecule has 0 aromatic carbocycles. The van der Waals surface area contributed by atoms with Gasteiger partial charge in [-0.05, 0) is 31.6 Å². The standard InChI is InChI=1S/C10H17N3S/c1-7-12-13-9(14-7)11-8-4-5-10(2,3)6-8/h8H,4-6H2,1-3H3,(H,11,13). The summed E-state index contributed by atoms with van der Waals surface area (Å²) in [6, 6.07) is 0.595. The normalized spacial score (nSPS) is 25.2. The molecule has 1 aliphatic carbocycles. The van der Waals surface area contributed by atoms with Crippen LogP contribution in [0.2, 0.25) is 0 Å². The van der Waals surface area contributed by atoms with Gasteiger partial charge in [0.1, 0.15) is 5.01 Å². The van der Waals surface area contributed by atoms with E-state index in [1.54, 1.807) is 11.3 Å². The van der Waals surface area contributed by atoms with E-state index in [1.165, 1.54) is 19.3 Å². The smallest absolute Gasteiger partial charge is 0.205 e. The van der Waals surface area contributed by atoms with Gasteiger partial charge in [0.05, 0.1) is 0 Å². The van der Waals surface area contributed by atoms with Gasteiger partial charge in [-0.15, -0.1) is 10.2 Å². The Bertz CT molecular complexity index is 319. The zero-order valence-electron chi connectivity index (χ0n) is 9.00. The molecule has 78 valence electrons. The molecule has 1 unspecified atom stereocenters. The summed E-state index contributed by atoms with van der Waals surface area (Å²) >= 11 is 1.64. The first-order chi connectivity index (χ1) is 6.55. The molecule has 3 nitrogen and oxygen atoms in total. The maximum absolute atomic E-state index is 4.08. The quantitative estimate of drug-likeness (QED) is 0.817. The molecule has 4 heteroatoms. The molecular weight excluding hydrogens is 194 g/mol. The lowest BCUT2D eigenvalue weighted by atomic mass is 9.92. The van der Waals surface area contributed by atoms with E-state index in [2.05, 4.69) is 29.4 Å². The molecule has 1 aromatic rings. The van der Waals surface area contributed by atoms with Crippen LogP contribution in [0.1, 0.15) is 38.1 Å². The van der Waals surface area contributed by atoms with Crippen LogP contribution in [-0.4, -0.2) is 16.2 Å². The summed E-state index contributed by atoms with van der Waals surface area (Å²) < 4.78 is 0. The van der Waals surface area contributed by atoms with Gasteiger partial charge < -0.3 is 5.32 Å². The van der Waals surface area contributed by atoms with Gasteiger partial charge in [-0.25, -0.2) is 0 Å². The summed E-state index contributed by atoms with van der Waals surface area (Å²) in [5.74, 6) is 0. The zero-order valence-corrected chi connectivity index (χ0v) is 9.82. The van der Waals surface area contributed by atoms with Crippen molar-refractivity contribution in [3.63, 3.8) is 0 Å². The molecule has 1 saturated carbocycles. The fourth-order valence-corrected chi connectivity index (χ4v) is 2.76. The lowest BCUT2D eigenvalue weighted by Crippen LogP contribution is -2.17. The maximum atomic E-state index is 4.08. The molecule has 2 rings (SSSR count). The third kappa shape index (κ3) is 2.23. The van der Waals surface area contributed by atoms with Gasteiger partial charge in [0.25, 0.3) is 0 Å². The van der Waals surface area contributed by atoms with Gasteiger partial charge in [0.2, 0.25) is 5.13 Å². The third-order valence-corrected chi connectivity index (χ3v) is 3.59. The first-order valence-electron chi connectivity index (χ1n) is 5.12. The molecule has 0 aliphatic heterocycles. The number of rotatable bonds is 2. The van der Waals surface area contributed by atoms with Crippen LogP contribution < -0.4 is 5.32 Å². The average Bonchev–Trinajstić information content (AvgIpc) is 2.59.